The van der Waals surface area contributed by atoms with E-state index in [-0.39, 0.29) is 11.9 Å². The molecule has 0 bridgehead atoms. The van der Waals surface area contributed by atoms with Gasteiger partial charge in [0.25, 0.3) is 0 Å². The first-order valence-corrected chi connectivity index (χ1v) is 7.15. The van der Waals surface area contributed by atoms with Crippen molar-refractivity contribution in [2.24, 2.45) is 5.73 Å². The molecule has 0 aliphatic rings. The summed E-state index contributed by atoms with van der Waals surface area (Å²) in [6, 6.07) is 9.05. The molecule has 5 heteroatoms. The average Bonchev–Trinajstić information content (AvgIpc) is 2.44. The van der Waals surface area contributed by atoms with Gasteiger partial charge in [0.05, 0.1) is 4.47 Å². The van der Waals surface area contributed by atoms with E-state index in [0.717, 1.165) is 17.7 Å². The van der Waals surface area contributed by atoms with Crippen LogP contribution in [0.25, 0.3) is 0 Å². The standard InChI is InChI=1S/C15H17BrFN3/c1-20(10-11-4-6-19-7-5-11)15(9-18)12-2-3-13(16)14(17)8-12/h2-8,15H,9-10,18H2,1H3. The number of halogens is 2. The second kappa shape index (κ2) is 6.92. The van der Waals surface area contributed by atoms with E-state index in [4.69, 9.17) is 5.73 Å². The van der Waals surface area contributed by atoms with Crippen molar-refractivity contribution >= 4 is 15.9 Å². The number of aromatic nitrogens is 1. The van der Waals surface area contributed by atoms with Crippen LogP contribution >= 0.6 is 15.9 Å². The summed E-state index contributed by atoms with van der Waals surface area (Å²) in [5.41, 5.74) is 7.89. The van der Waals surface area contributed by atoms with Crippen LogP contribution in [0.1, 0.15) is 17.2 Å². The number of pyridine rings is 1. The number of hydrogen-bond donors (Lipinski definition) is 1. The molecule has 1 aromatic heterocycles. The molecule has 0 aliphatic carbocycles. The van der Waals surface area contributed by atoms with E-state index >= 15 is 0 Å². The van der Waals surface area contributed by atoms with Crippen molar-refractivity contribution in [2.75, 3.05) is 13.6 Å². The highest BCUT2D eigenvalue weighted by atomic mass is 79.9. The first kappa shape index (κ1) is 15.1. The van der Waals surface area contributed by atoms with Gasteiger partial charge < -0.3 is 5.73 Å². The second-order valence-corrected chi connectivity index (χ2v) is 5.55. The molecule has 0 amide bonds. The topological polar surface area (TPSA) is 42.2 Å². The summed E-state index contributed by atoms with van der Waals surface area (Å²) in [6.07, 6.45) is 3.53. The minimum absolute atomic E-state index is 0.0224. The highest BCUT2D eigenvalue weighted by Gasteiger charge is 2.17. The zero-order chi connectivity index (χ0) is 14.5. The lowest BCUT2D eigenvalue weighted by Gasteiger charge is -2.27. The fourth-order valence-electron chi connectivity index (χ4n) is 2.18. The van der Waals surface area contributed by atoms with E-state index in [2.05, 4.69) is 25.8 Å². The van der Waals surface area contributed by atoms with Crippen LogP contribution in [0.4, 0.5) is 4.39 Å². The second-order valence-electron chi connectivity index (χ2n) is 4.70. The van der Waals surface area contributed by atoms with Crippen LogP contribution in [0.15, 0.2) is 47.2 Å². The van der Waals surface area contributed by atoms with Gasteiger partial charge in [-0.2, -0.15) is 0 Å². The van der Waals surface area contributed by atoms with Gasteiger partial charge in [0.15, 0.2) is 0 Å². The lowest BCUT2D eigenvalue weighted by molar-refractivity contribution is 0.241. The Kier molecular flexibility index (Phi) is 5.23. The Bertz CT molecular complexity index is 562. The Morgan fingerprint density at radius 1 is 1.30 bits per heavy atom. The number of benzene rings is 1. The van der Waals surface area contributed by atoms with Crippen molar-refractivity contribution < 1.29 is 4.39 Å². The molecule has 106 valence electrons. The van der Waals surface area contributed by atoms with Crippen molar-refractivity contribution in [1.82, 2.24) is 9.88 Å². The van der Waals surface area contributed by atoms with Crippen LogP contribution in [-0.4, -0.2) is 23.5 Å². The Morgan fingerprint density at radius 2 is 2.00 bits per heavy atom. The molecule has 1 unspecified atom stereocenters. The maximum Gasteiger partial charge on any atom is 0.137 e. The van der Waals surface area contributed by atoms with Gasteiger partial charge >= 0.3 is 0 Å². The van der Waals surface area contributed by atoms with E-state index in [1.165, 1.54) is 6.07 Å². The molecule has 1 heterocycles. The lowest BCUT2D eigenvalue weighted by atomic mass is 10.0. The molecule has 3 nitrogen and oxygen atoms in total. The molecule has 2 aromatic rings. The molecule has 2 N–H and O–H groups in total. The monoisotopic (exact) mass is 337 g/mol. The zero-order valence-electron chi connectivity index (χ0n) is 11.3. The number of nitrogens with two attached hydrogens (primary N) is 1. The van der Waals surface area contributed by atoms with E-state index in [0.29, 0.717) is 11.0 Å². The molecule has 1 aromatic carbocycles. The highest BCUT2D eigenvalue weighted by molar-refractivity contribution is 9.10. The van der Waals surface area contributed by atoms with E-state index in [9.17, 15) is 4.39 Å². The Labute approximate surface area is 126 Å². The lowest BCUT2D eigenvalue weighted by Crippen LogP contribution is -2.30. The first-order valence-electron chi connectivity index (χ1n) is 6.36. The van der Waals surface area contributed by atoms with Gasteiger partial charge in [-0.15, -0.1) is 0 Å². The fraction of sp³-hybridized carbons (Fsp3) is 0.267. The predicted molar refractivity (Wildman–Crippen MR) is 81.6 cm³/mol. The van der Waals surface area contributed by atoms with E-state index < -0.39 is 0 Å². The van der Waals surface area contributed by atoms with Crippen molar-refractivity contribution in [3.8, 4) is 0 Å². The normalized spacial score (nSPS) is 12.7. The van der Waals surface area contributed by atoms with Gasteiger partial charge in [0.1, 0.15) is 5.82 Å². The quantitative estimate of drug-likeness (QED) is 0.911. The van der Waals surface area contributed by atoms with E-state index in [1.807, 2.05) is 25.2 Å². The Hall–Kier alpha value is -1.30. The molecule has 0 saturated heterocycles. The maximum atomic E-state index is 13.7. The fourth-order valence-corrected chi connectivity index (χ4v) is 2.42. The first-order chi connectivity index (χ1) is 9.61. The third kappa shape index (κ3) is 3.62. The van der Waals surface area contributed by atoms with Crippen LogP contribution in [0.5, 0.6) is 0 Å². The van der Waals surface area contributed by atoms with Crippen LogP contribution in [0, 0.1) is 5.82 Å². The largest absolute Gasteiger partial charge is 0.329 e. The van der Waals surface area contributed by atoms with Crippen LogP contribution in [0.3, 0.4) is 0 Å². The van der Waals surface area contributed by atoms with Gasteiger partial charge in [-0.05, 0) is 58.4 Å². The molecule has 0 fully saturated rings. The molecule has 1 atom stereocenters. The number of rotatable bonds is 5. The molecule has 0 saturated carbocycles. The molecule has 0 radical (unpaired) electrons. The number of hydrogen-bond acceptors (Lipinski definition) is 3. The SMILES string of the molecule is CN(Cc1ccncc1)C(CN)c1ccc(Br)c(F)c1. The third-order valence-corrected chi connectivity index (χ3v) is 3.91. The molecule has 0 aliphatic heterocycles. The summed E-state index contributed by atoms with van der Waals surface area (Å²) < 4.78 is 14.1. The summed E-state index contributed by atoms with van der Waals surface area (Å²) in [5.74, 6) is -0.265. The maximum absolute atomic E-state index is 13.7. The van der Waals surface area contributed by atoms with Gasteiger partial charge in [-0.25, -0.2) is 4.39 Å². The van der Waals surface area contributed by atoms with Gasteiger partial charge in [-0.3, -0.25) is 9.88 Å². The minimum atomic E-state index is -0.265. The van der Waals surface area contributed by atoms with Crippen molar-refractivity contribution in [1.29, 1.82) is 0 Å². The summed E-state index contributed by atoms with van der Waals surface area (Å²) in [5, 5.41) is 0. The number of likely N-dealkylation sites (N-methyl/N-ethyl adjacent to an activating group) is 1. The molecular weight excluding hydrogens is 321 g/mol. The van der Waals surface area contributed by atoms with Crippen molar-refractivity contribution in [2.45, 2.75) is 12.6 Å². The zero-order valence-corrected chi connectivity index (χ0v) is 12.8. The minimum Gasteiger partial charge on any atom is -0.329 e. The summed E-state index contributed by atoms with van der Waals surface area (Å²) in [6.45, 7) is 1.17. The Morgan fingerprint density at radius 3 is 2.60 bits per heavy atom. The summed E-state index contributed by atoms with van der Waals surface area (Å²) in [7, 11) is 1.98. The van der Waals surface area contributed by atoms with Gasteiger partial charge in [-0.1, -0.05) is 6.07 Å². The molecule has 0 spiro atoms. The summed E-state index contributed by atoms with van der Waals surface area (Å²) >= 11 is 3.16. The number of nitrogens with zero attached hydrogens (tertiary/aromatic N) is 2. The third-order valence-electron chi connectivity index (χ3n) is 3.27. The van der Waals surface area contributed by atoms with Crippen molar-refractivity contribution in [3.05, 3.63) is 64.1 Å². The van der Waals surface area contributed by atoms with Crippen LogP contribution in [-0.2, 0) is 6.54 Å². The molecule has 20 heavy (non-hydrogen) atoms. The van der Waals surface area contributed by atoms with Crippen LogP contribution in [0.2, 0.25) is 0 Å². The molecular formula is C15H17BrFN3. The predicted octanol–water partition coefficient (Wildman–Crippen LogP) is 3.12. The average molecular weight is 338 g/mol. The van der Waals surface area contributed by atoms with Crippen LogP contribution < -0.4 is 5.73 Å². The Balaban J connectivity index is 2.16. The van der Waals surface area contributed by atoms with Gasteiger partial charge in [0.2, 0.25) is 0 Å². The smallest absolute Gasteiger partial charge is 0.137 e. The molecule has 2 rings (SSSR count). The van der Waals surface area contributed by atoms with Gasteiger partial charge in [0, 0.05) is 31.5 Å². The van der Waals surface area contributed by atoms with Crippen molar-refractivity contribution in [3.63, 3.8) is 0 Å². The summed E-state index contributed by atoms with van der Waals surface area (Å²) in [4.78, 5) is 6.11. The highest BCUT2D eigenvalue weighted by Crippen LogP contribution is 2.24. The van der Waals surface area contributed by atoms with E-state index in [1.54, 1.807) is 18.5 Å².